The minimum atomic E-state index is 0.742. The van der Waals surface area contributed by atoms with Crippen molar-refractivity contribution >= 4 is 17.2 Å². The van der Waals surface area contributed by atoms with Gasteiger partial charge in [-0.15, -0.1) is 0 Å². The molecule has 0 fully saturated rings. The molecule has 0 aliphatic rings. The number of quaternary nitrogens is 1. The topological polar surface area (TPSA) is 21.7 Å². The molecule has 0 aliphatic heterocycles. The Kier molecular flexibility index (Phi) is 4.74. The van der Waals surface area contributed by atoms with E-state index in [0.29, 0.717) is 0 Å². The minimum absolute atomic E-state index is 0.742. The molecule has 4 rings (SSSR count). The number of hydrogen-bond donors (Lipinski definition) is 1. The fourth-order valence-electron chi connectivity index (χ4n) is 3.35. The van der Waals surface area contributed by atoms with E-state index < -0.39 is 0 Å². The number of fused-ring (bicyclic) bond motifs is 1. The Morgan fingerprint density at radius 3 is 2.38 bits per heavy atom. The third kappa shape index (κ3) is 3.50. The van der Waals surface area contributed by atoms with Gasteiger partial charge in [-0.2, -0.15) is 0 Å². The van der Waals surface area contributed by atoms with Crippen LogP contribution < -0.4 is 4.90 Å². The van der Waals surface area contributed by atoms with E-state index in [9.17, 15) is 0 Å². The van der Waals surface area contributed by atoms with Crippen molar-refractivity contribution in [1.29, 1.82) is 0 Å². The second-order valence-corrected chi connectivity index (χ2v) is 7.08. The van der Waals surface area contributed by atoms with E-state index in [-0.39, 0.29) is 0 Å². The molecule has 0 saturated heterocycles. The number of benzene rings is 2. The monoisotopic (exact) mass is 362 g/mol. The molecular weight excluding hydrogens is 342 g/mol. The van der Waals surface area contributed by atoms with Crippen molar-refractivity contribution in [2.75, 3.05) is 7.05 Å². The van der Waals surface area contributed by atoms with E-state index in [4.69, 9.17) is 16.6 Å². The van der Waals surface area contributed by atoms with Crippen molar-refractivity contribution in [3.8, 4) is 11.3 Å². The maximum Gasteiger partial charge on any atom is 0.137 e. The van der Waals surface area contributed by atoms with Crippen molar-refractivity contribution in [1.82, 2.24) is 9.38 Å². The van der Waals surface area contributed by atoms with E-state index in [0.717, 1.165) is 35.0 Å². The third-order valence-corrected chi connectivity index (χ3v) is 4.82. The highest BCUT2D eigenvalue weighted by molar-refractivity contribution is 6.30. The van der Waals surface area contributed by atoms with Crippen LogP contribution in [0.5, 0.6) is 0 Å². The Morgan fingerprint density at radius 1 is 0.885 bits per heavy atom. The van der Waals surface area contributed by atoms with E-state index in [1.54, 1.807) is 0 Å². The second-order valence-electron chi connectivity index (χ2n) is 6.64. The summed E-state index contributed by atoms with van der Waals surface area (Å²) in [5.41, 5.74) is 5.66. The highest BCUT2D eigenvalue weighted by atomic mass is 35.5. The fourth-order valence-corrected chi connectivity index (χ4v) is 3.47. The molecular formula is C22H21ClN3+. The third-order valence-electron chi connectivity index (χ3n) is 4.56. The molecule has 1 atom stereocenters. The predicted octanol–water partition coefficient (Wildman–Crippen LogP) is 3.87. The first kappa shape index (κ1) is 16.8. The summed E-state index contributed by atoms with van der Waals surface area (Å²) in [4.78, 5) is 6.29. The number of hydrogen-bond acceptors (Lipinski definition) is 1. The maximum atomic E-state index is 6.06. The van der Waals surface area contributed by atoms with Crippen molar-refractivity contribution in [3.63, 3.8) is 0 Å². The number of nitrogens with one attached hydrogen (secondary N) is 1. The molecule has 0 spiro atoms. The van der Waals surface area contributed by atoms with E-state index in [1.807, 2.05) is 30.3 Å². The molecule has 1 N–H and O–H groups in total. The number of aromatic nitrogens is 2. The maximum absolute atomic E-state index is 6.06. The highest BCUT2D eigenvalue weighted by Crippen LogP contribution is 2.25. The van der Waals surface area contributed by atoms with Gasteiger partial charge in [-0.1, -0.05) is 60.1 Å². The van der Waals surface area contributed by atoms with E-state index in [2.05, 4.69) is 60.1 Å². The Labute approximate surface area is 158 Å². The lowest BCUT2D eigenvalue weighted by molar-refractivity contribution is -0.908. The summed E-state index contributed by atoms with van der Waals surface area (Å²) in [6, 6.07) is 24.7. The first-order valence-electron chi connectivity index (χ1n) is 8.78. The first-order chi connectivity index (χ1) is 12.7. The van der Waals surface area contributed by atoms with Gasteiger partial charge in [0.25, 0.3) is 0 Å². The van der Waals surface area contributed by atoms with Gasteiger partial charge < -0.3 is 4.90 Å². The van der Waals surface area contributed by atoms with Crippen LogP contribution in [-0.4, -0.2) is 16.4 Å². The van der Waals surface area contributed by atoms with Gasteiger partial charge in [0.2, 0.25) is 0 Å². The van der Waals surface area contributed by atoms with Gasteiger partial charge in [0, 0.05) is 22.3 Å². The zero-order valence-electron chi connectivity index (χ0n) is 14.7. The van der Waals surface area contributed by atoms with Crippen LogP contribution in [0.15, 0.2) is 79.0 Å². The number of rotatable bonds is 5. The normalized spacial score (nSPS) is 12.4. The van der Waals surface area contributed by atoms with Crippen molar-refractivity contribution < 1.29 is 4.90 Å². The molecule has 0 bridgehead atoms. The summed E-state index contributed by atoms with van der Waals surface area (Å²) in [7, 11) is 2.22. The highest BCUT2D eigenvalue weighted by Gasteiger charge is 2.17. The molecule has 130 valence electrons. The standard InChI is InChI=1S/C22H20ClN3/c1-25(15-17-7-3-2-4-8-17)16-20-22(18-10-12-19(23)13-11-18)24-21-9-5-6-14-26(20)21/h2-14H,15-16H2,1H3/p+1. The molecule has 0 radical (unpaired) electrons. The van der Waals surface area contributed by atoms with Gasteiger partial charge >= 0.3 is 0 Å². The Balaban J connectivity index is 1.70. The quantitative estimate of drug-likeness (QED) is 0.572. The zero-order valence-corrected chi connectivity index (χ0v) is 15.4. The number of nitrogens with zero attached hydrogens (tertiary/aromatic N) is 2. The number of pyridine rings is 1. The van der Waals surface area contributed by atoms with Gasteiger partial charge in [0.05, 0.1) is 12.7 Å². The lowest BCUT2D eigenvalue weighted by Crippen LogP contribution is -3.06. The smallest absolute Gasteiger partial charge is 0.137 e. The molecule has 2 heterocycles. The molecule has 26 heavy (non-hydrogen) atoms. The van der Waals surface area contributed by atoms with Crippen LogP contribution >= 0.6 is 11.6 Å². The first-order valence-corrected chi connectivity index (χ1v) is 9.15. The summed E-state index contributed by atoms with van der Waals surface area (Å²) in [6.45, 7) is 1.86. The molecule has 2 aromatic carbocycles. The number of halogens is 1. The molecule has 0 aliphatic carbocycles. The summed E-state index contributed by atoms with van der Waals surface area (Å²) < 4.78 is 2.19. The summed E-state index contributed by atoms with van der Waals surface area (Å²) >= 11 is 6.06. The van der Waals surface area contributed by atoms with Crippen LogP contribution in [-0.2, 0) is 13.1 Å². The van der Waals surface area contributed by atoms with Crippen molar-refractivity contribution in [3.05, 3.63) is 95.3 Å². The van der Waals surface area contributed by atoms with Crippen LogP contribution in [0, 0.1) is 0 Å². The van der Waals surface area contributed by atoms with Crippen LogP contribution in [0.3, 0.4) is 0 Å². The summed E-state index contributed by atoms with van der Waals surface area (Å²) in [6.07, 6.45) is 2.09. The van der Waals surface area contributed by atoms with Crippen LogP contribution in [0.4, 0.5) is 0 Å². The van der Waals surface area contributed by atoms with Gasteiger partial charge in [-0.25, -0.2) is 4.98 Å². The average molecular weight is 363 g/mol. The van der Waals surface area contributed by atoms with Gasteiger partial charge in [0.1, 0.15) is 24.4 Å². The fraction of sp³-hybridized carbons (Fsp3) is 0.136. The molecule has 4 aromatic rings. The van der Waals surface area contributed by atoms with Crippen LogP contribution in [0.25, 0.3) is 16.9 Å². The van der Waals surface area contributed by atoms with Gasteiger partial charge in [-0.3, -0.25) is 4.40 Å². The lowest BCUT2D eigenvalue weighted by atomic mass is 10.1. The van der Waals surface area contributed by atoms with Gasteiger partial charge in [-0.05, 0) is 24.3 Å². The van der Waals surface area contributed by atoms with E-state index in [1.165, 1.54) is 16.2 Å². The number of imidazole rings is 1. The molecule has 0 saturated carbocycles. The summed E-state index contributed by atoms with van der Waals surface area (Å²) in [5.74, 6) is 0. The Hall–Kier alpha value is -2.62. The Bertz CT molecular complexity index is 1010. The molecule has 0 amide bonds. The van der Waals surface area contributed by atoms with E-state index >= 15 is 0 Å². The zero-order chi connectivity index (χ0) is 17.9. The summed E-state index contributed by atoms with van der Waals surface area (Å²) in [5, 5.41) is 0.742. The van der Waals surface area contributed by atoms with Crippen molar-refractivity contribution in [2.24, 2.45) is 0 Å². The van der Waals surface area contributed by atoms with Gasteiger partial charge in [0.15, 0.2) is 0 Å². The second kappa shape index (κ2) is 7.32. The minimum Gasteiger partial charge on any atom is -0.329 e. The Morgan fingerprint density at radius 2 is 1.62 bits per heavy atom. The van der Waals surface area contributed by atoms with Crippen LogP contribution in [0.1, 0.15) is 11.3 Å². The van der Waals surface area contributed by atoms with Crippen LogP contribution in [0.2, 0.25) is 5.02 Å². The molecule has 4 heteroatoms. The van der Waals surface area contributed by atoms with Crippen molar-refractivity contribution in [2.45, 2.75) is 13.1 Å². The SMILES string of the molecule is C[NH+](Cc1ccccc1)Cc1c(-c2ccc(Cl)cc2)nc2ccccn12. The average Bonchev–Trinajstić information content (AvgIpc) is 3.02. The largest absolute Gasteiger partial charge is 0.329 e. The molecule has 1 unspecified atom stereocenters. The lowest BCUT2D eigenvalue weighted by Gasteiger charge is -2.15. The predicted molar refractivity (Wildman–Crippen MR) is 106 cm³/mol. The molecule has 3 nitrogen and oxygen atoms in total. The molecule has 2 aromatic heterocycles.